The molecule has 0 bridgehead atoms. The van der Waals surface area contributed by atoms with E-state index in [1.165, 1.54) is 0 Å². The van der Waals surface area contributed by atoms with Gasteiger partial charge in [-0.3, -0.25) is 4.98 Å². The molecule has 1 unspecified atom stereocenters. The Kier molecular flexibility index (Phi) is 2.73. The fraction of sp³-hybridized carbons (Fsp3) is 0.214. The van der Waals surface area contributed by atoms with E-state index in [2.05, 4.69) is 16.5 Å². The quantitative estimate of drug-likeness (QED) is 0.762. The van der Waals surface area contributed by atoms with E-state index in [-0.39, 0.29) is 6.17 Å². The average molecular weight is 260 g/mol. The molecule has 92 valence electrons. The van der Waals surface area contributed by atoms with Crippen molar-refractivity contribution in [2.24, 2.45) is 5.73 Å². The summed E-state index contributed by atoms with van der Waals surface area (Å²) < 4.78 is 2.09. The lowest BCUT2D eigenvalue weighted by atomic mass is 10.1. The summed E-state index contributed by atoms with van der Waals surface area (Å²) in [5.74, 6) is 0. The molecule has 3 rings (SSSR count). The molecular weight excluding hydrogens is 246 g/mol. The van der Waals surface area contributed by atoms with E-state index >= 15 is 0 Å². The van der Waals surface area contributed by atoms with Crippen LogP contribution < -0.4 is 5.73 Å². The number of fused-ring (bicyclic) bond motifs is 3. The SMILES string of the molecule is CCC(N)n1ccc2cc(Cl)c3ncccc3c21. The molecule has 0 aliphatic heterocycles. The van der Waals surface area contributed by atoms with Crippen LogP contribution in [-0.4, -0.2) is 9.55 Å². The Bertz CT molecular complexity index is 717. The molecule has 1 aromatic carbocycles. The molecule has 0 fully saturated rings. The van der Waals surface area contributed by atoms with Crippen molar-refractivity contribution in [2.45, 2.75) is 19.5 Å². The van der Waals surface area contributed by atoms with Gasteiger partial charge in [0.2, 0.25) is 0 Å². The van der Waals surface area contributed by atoms with Crippen LogP contribution >= 0.6 is 11.6 Å². The van der Waals surface area contributed by atoms with Gasteiger partial charge in [-0.05, 0) is 30.7 Å². The lowest BCUT2D eigenvalue weighted by molar-refractivity contribution is 0.522. The van der Waals surface area contributed by atoms with Crippen LogP contribution in [0.25, 0.3) is 21.8 Å². The van der Waals surface area contributed by atoms with Gasteiger partial charge in [-0.1, -0.05) is 18.5 Å². The third kappa shape index (κ3) is 1.59. The van der Waals surface area contributed by atoms with Gasteiger partial charge in [0.05, 0.1) is 22.2 Å². The molecule has 18 heavy (non-hydrogen) atoms. The molecule has 2 heterocycles. The summed E-state index contributed by atoms with van der Waals surface area (Å²) in [6.07, 6.45) is 4.63. The maximum absolute atomic E-state index is 6.26. The third-order valence-corrected chi connectivity index (χ3v) is 3.58. The van der Waals surface area contributed by atoms with E-state index in [0.29, 0.717) is 5.02 Å². The van der Waals surface area contributed by atoms with Gasteiger partial charge in [0.15, 0.2) is 0 Å². The number of pyridine rings is 1. The summed E-state index contributed by atoms with van der Waals surface area (Å²) >= 11 is 6.26. The fourth-order valence-electron chi connectivity index (χ4n) is 2.34. The maximum atomic E-state index is 6.26. The first kappa shape index (κ1) is 11.5. The zero-order chi connectivity index (χ0) is 12.7. The Hall–Kier alpha value is -1.58. The normalized spacial score (nSPS) is 13.3. The van der Waals surface area contributed by atoms with Crippen LogP contribution in [0.5, 0.6) is 0 Å². The van der Waals surface area contributed by atoms with E-state index in [9.17, 15) is 0 Å². The molecule has 2 N–H and O–H groups in total. The predicted molar refractivity (Wildman–Crippen MR) is 75.8 cm³/mol. The molecule has 0 saturated heterocycles. The molecule has 0 amide bonds. The number of aromatic nitrogens is 2. The van der Waals surface area contributed by atoms with Gasteiger partial charge in [0, 0.05) is 23.2 Å². The van der Waals surface area contributed by atoms with Crippen LogP contribution in [0.15, 0.2) is 36.7 Å². The Morgan fingerprint density at radius 1 is 1.44 bits per heavy atom. The standard InChI is InChI=1S/C14H14ClN3/c1-2-12(16)18-7-5-9-8-11(15)13-10(14(9)18)4-3-6-17-13/h3-8,12H,2,16H2,1H3. The minimum Gasteiger partial charge on any atom is -0.331 e. The van der Waals surface area contributed by atoms with Gasteiger partial charge >= 0.3 is 0 Å². The lowest BCUT2D eigenvalue weighted by Gasteiger charge is -2.14. The first-order valence-electron chi connectivity index (χ1n) is 6.01. The third-order valence-electron chi connectivity index (χ3n) is 3.29. The van der Waals surface area contributed by atoms with Crippen molar-refractivity contribution < 1.29 is 0 Å². The molecule has 4 heteroatoms. The van der Waals surface area contributed by atoms with Crippen molar-refractivity contribution >= 4 is 33.4 Å². The van der Waals surface area contributed by atoms with Crippen LogP contribution in [-0.2, 0) is 0 Å². The molecule has 3 aromatic rings. The first-order valence-corrected chi connectivity index (χ1v) is 6.39. The molecule has 0 radical (unpaired) electrons. The second-order valence-corrected chi connectivity index (χ2v) is 4.80. The summed E-state index contributed by atoms with van der Waals surface area (Å²) in [5.41, 5.74) is 8.08. The summed E-state index contributed by atoms with van der Waals surface area (Å²) in [5, 5.41) is 2.83. The highest BCUT2D eigenvalue weighted by atomic mass is 35.5. The van der Waals surface area contributed by atoms with E-state index in [4.69, 9.17) is 17.3 Å². The van der Waals surface area contributed by atoms with Crippen molar-refractivity contribution in [2.75, 3.05) is 0 Å². The number of hydrogen-bond acceptors (Lipinski definition) is 2. The Balaban J connectivity index is 2.46. The van der Waals surface area contributed by atoms with Crippen molar-refractivity contribution in [1.82, 2.24) is 9.55 Å². The Labute approximate surface area is 110 Å². The number of nitrogens with two attached hydrogens (primary N) is 1. The summed E-state index contributed by atoms with van der Waals surface area (Å²) in [6, 6.07) is 7.95. The Morgan fingerprint density at radius 2 is 2.28 bits per heavy atom. The topological polar surface area (TPSA) is 43.8 Å². The van der Waals surface area contributed by atoms with Gasteiger partial charge in [-0.25, -0.2) is 0 Å². The van der Waals surface area contributed by atoms with Crippen LogP contribution in [0.4, 0.5) is 0 Å². The number of benzene rings is 1. The van der Waals surface area contributed by atoms with Crippen molar-refractivity contribution in [1.29, 1.82) is 0 Å². The number of hydrogen-bond donors (Lipinski definition) is 1. The fourth-order valence-corrected chi connectivity index (χ4v) is 2.61. The minimum absolute atomic E-state index is 0.0212. The van der Waals surface area contributed by atoms with Gasteiger partial charge in [-0.2, -0.15) is 0 Å². The van der Waals surface area contributed by atoms with Crippen LogP contribution in [0.3, 0.4) is 0 Å². The molecule has 1 atom stereocenters. The van der Waals surface area contributed by atoms with Crippen LogP contribution in [0.1, 0.15) is 19.5 Å². The van der Waals surface area contributed by atoms with Gasteiger partial charge in [0.25, 0.3) is 0 Å². The van der Waals surface area contributed by atoms with Crippen molar-refractivity contribution in [3.63, 3.8) is 0 Å². The second kappa shape index (κ2) is 4.26. The van der Waals surface area contributed by atoms with E-state index in [1.807, 2.05) is 30.5 Å². The zero-order valence-corrected chi connectivity index (χ0v) is 10.9. The smallest absolute Gasteiger partial charge is 0.0909 e. The van der Waals surface area contributed by atoms with E-state index < -0.39 is 0 Å². The minimum atomic E-state index is -0.0212. The van der Waals surface area contributed by atoms with Gasteiger partial charge < -0.3 is 10.3 Å². The predicted octanol–water partition coefficient (Wildman–Crippen LogP) is 3.71. The highest BCUT2D eigenvalue weighted by Crippen LogP contribution is 2.32. The van der Waals surface area contributed by atoms with E-state index in [1.54, 1.807) is 6.20 Å². The van der Waals surface area contributed by atoms with Gasteiger partial charge in [0.1, 0.15) is 0 Å². The monoisotopic (exact) mass is 259 g/mol. The number of halogens is 1. The summed E-state index contributed by atoms with van der Waals surface area (Å²) in [4.78, 5) is 4.35. The molecule has 0 spiro atoms. The number of nitrogens with zero attached hydrogens (tertiary/aromatic N) is 2. The summed E-state index contributed by atoms with van der Waals surface area (Å²) in [6.45, 7) is 2.08. The zero-order valence-electron chi connectivity index (χ0n) is 10.1. The van der Waals surface area contributed by atoms with E-state index in [0.717, 1.165) is 28.2 Å². The molecule has 0 aliphatic carbocycles. The molecule has 0 saturated carbocycles. The second-order valence-electron chi connectivity index (χ2n) is 4.39. The number of rotatable bonds is 2. The molecule has 0 aliphatic rings. The largest absolute Gasteiger partial charge is 0.331 e. The van der Waals surface area contributed by atoms with Gasteiger partial charge in [-0.15, -0.1) is 0 Å². The van der Waals surface area contributed by atoms with Crippen LogP contribution in [0.2, 0.25) is 5.02 Å². The molecule has 3 nitrogen and oxygen atoms in total. The lowest BCUT2D eigenvalue weighted by Crippen LogP contribution is -2.16. The molecular formula is C14H14ClN3. The highest BCUT2D eigenvalue weighted by molar-refractivity contribution is 6.36. The molecule has 2 aromatic heterocycles. The average Bonchev–Trinajstić information content (AvgIpc) is 2.82. The van der Waals surface area contributed by atoms with Crippen molar-refractivity contribution in [3.05, 3.63) is 41.7 Å². The first-order chi connectivity index (χ1) is 8.72. The Morgan fingerprint density at radius 3 is 3.06 bits per heavy atom. The van der Waals surface area contributed by atoms with Crippen molar-refractivity contribution in [3.8, 4) is 0 Å². The summed E-state index contributed by atoms with van der Waals surface area (Å²) in [7, 11) is 0. The maximum Gasteiger partial charge on any atom is 0.0909 e. The van der Waals surface area contributed by atoms with Crippen LogP contribution in [0, 0.1) is 0 Å². The highest BCUT2D eigenvalue weighted by Gasteiger charge is 2.12.